The molecule has 0 heterocycles. The van der Waals surface area contributed by atoms with Crippen LogP contribution in [-0.2, 0) is 19.9 Å². The highest BCUT2D eigenvalue weighted by Crippen LogP contribution is 1.57. The Hall–Kier alpha value is -1.17. The van der Waals surface area contributed by atoms with Crippen molar-refractivity contribution in [3.63, 3.8) is 0 Å². The van der Waals surface area contributed by atoms with Gasteiger partial charge in [0.1, 0.15) is 11.3 Å². The number of rotatable bonds is 2. The van der Waals surface area contributed by atoms with Crippen molar-refractivity contribution in [2.45, 2.75) is 0 Å². The Kier molecular flexibility index (Phi) is 2.59. The summed E-state index contributed by atoms with van der Waals surface area (Å²) in [7, 11) is -2.76. The average Bonchev–Trinajstić information content (AvgIpc) is 1.63. The molecule has 0 aliphatic rings. The fourth-order valence-electron chi connectivity index (χ4n) is 0.136. The highest BCUT2D eigenvalue weighted by molar-refractivity contribution is 7.73. The molecule has 6 heteroatoms. The Morgan fingerprint density at radius 3 is 1.89 bits per heavy atom. The number of hydrogen-bond acceptors (Lipinski definition) is 5. The van der Waals surface area contributed by atoms with Gasteiger partial charge in [0.2, 0.25) is 16.1 Å². The minimum Gasteiger partial charge on any atom is -0.541 e. The van der Waals surface area contributed by atoms with Crippen LogP contribution in [0.15, 0.2) is 0 Å². The highest BCUT2D eigenvalue weighted by Gasteiger charge is 1.95. The molecule has 0 aromatic carbocycles. The molecule has 0 aliphatic heterocycles. The molecule has 0 spiro atoms. The zero-order valence-corrected chi connectivity index (χ0v) is 4.84. The molecule has 9 heavy (non-hydrogen) atoms. The lowest BCUT2D eigenvalue weighted by Gasteiger charge is -1.87. The normalized spacial score (nSPS) is 8.00. The third kappa shape index (κ3) is 3.42. The summed E-state index contributed by atoms with van der Waals surface area (Å²) in [6.45, 7) is 0. The van der Waals surface area contributed by atoms with Crippen LogP contribution in [0.1, 0.15) is 0 Å². The molecule has 0 aromatic heterocycles. The van der Waals surface area contributed by atoms with Gasteiger partial charge in [0, 0.05) is 0 Å². The lowest BCUT2D eigenvalue weighted by atomic mass is 10.5. The van der Waals surface area contributed by atoms with E-state index in [1.165, 1.54) is 0 Å². The molecule has 0 unspecified atom stereocenters. The van der Waals surface area contributed by atoms with Crippen LogP contribution in [0.3, 0.4) is 0 Å². The largest absolute Gasteiger partial charge is 0.541 e. The molecule has 5 nitrogen and oxygen atoms in total. The number of carbonyl (C=O) groups is 2. The van der Waals surface area contributed by atoms with Crippen LogP contribution >= 0.6 is 0 Å². The molecule has 0 amide bonds. The average molecular weight is 149 g/mol. The Bertz CT molecular complexity index is 250. The quantitative estimate of drug-likeness (QED) is 0.308. The zero-order valence-electron chi connectivity index (χ0n) is 4.03. The molecule has 0 atom stereocenters. The molecule has 0 saturated heterocycles. The van der Waals surface area contributed by atoms with Gasteiger partial charge in [-0.2, -0.15) is 8.42 Å². The summed E-state index contributed by atoms with van der Waals surface area (Å²) in [5.41, 5.74) is 0. The molecule has 0 N–H and O–H groups in total. The number of carboxylic acids is 1. The van der Waals surface area contributed by atoms with Gasteiger partial charge in [-0.3, -0.25) is 4.79 Å². The zero-order chi connectivity index (χ0) is 7.44. The smallest absolute Gasteiger partial charge is 0.218 e. The minimum atomic E-state index is -2.76. The van der Waals surface area contributed by atoms with Gasteiger partial charge in [-0.15, -0.1) is 0 Å². The van der Waals surface area contributed by atoms with E-state index in [1.54, 1.807) is 0 Å². The summed E-state index contributed by atoms with van der Waals surface area (Å²) in [5, 5.41) is 9.49. The Balaban J connectivity index is 4.47. The van der Waals surface area contributed by atoms with E-state index < -0.39 is 22.0 Å². The van der Waals surface area contributed by atoms with Crippen molar-refractivity contribution in [1.82, 2.24) is 0 Å². The van der Waals surface area contributed by atoms with E-state index in [1.807, 2.05) is 0 Å². The summed E-state index contributed by atoms with van der Waals surface area (Å²) in [6.07, 6.45) is 0. The first kappa shape index (κ1) is 7.83. The summed E-state index contributed by atoms with van der Waals surface area (Å²) in [5.74, 6) is -3.58. The highest BCUT2D eigenvalue weighted by atomic mass is 32.2. The summed E-state index contributed by atoms with van der Waals surface area (Å²) < 4.78 is 19.1. The third-order valence-corrected chi connectivity index (χ3v) is 0.811. The number of ketones is 1. The predicted octanol–water partition coefficient (Wildman–Crippen LogP) is -3.01. The van der Waals surface area contributed by atoms with Crippen molar-refractivity contribution >= 4 is 27.4 Å². The van der Waals surface area contributed by atoms with Crippen LogP contribution in [-0.4, -0.2) is 25.5 Å². The number of carboxylic acid groups (broad SMARTS) is 1. The second-order valence-corrected chi connectivity index (χ2v) is 1.79. The fourth-order valence-corrected chi connectivity index (χ4v) is 0.407. The van der Waals surface area contributed by atoms with Crippen molar-refractivity contribution in [3.8, 4) is 0 Å². The van der Waals surface area contributed by atoms with E-state index >= 15 is 0 Å². The van der Waals surface area contributed by atoms with E-state index in [0.29, 0.717) is 0 Å². The Labute approximate surface area is 51.4 Å². The molecule has 0 aliphatic carbocycles. The van der Waals surface area contributed by atoms with Crippen LogP contribution in [0, 0.1) is 0 Å². The maximum Gasteiger partial charge on any atom is 0.218 e. The van der Waals surface area contributed by atoms with Gasteiger partial charge < -0.3 is 9.90 Å². The molecule has 0 radical (unpaired) electrons. The first-order valence-electron chi connectivity index (χ1n) is 1.72. The van der Waals surface area contributed by atoms with Gasteiger partial charge in [0.25, 0.3) is 0 Å². The lowest BCUT2D eigenvalue weighted by Crippen LogP contribution is -2.32. The fraction of sp³-hybridized carbons (Fsp3) is 0. The van der Waals surface area contributed by atoms with Gasteiger partial charge in [-0.05, 0) is 0 Å². The van der Waals surface area contributed by atoms with Gasteiger partial charge in [0.05, 0.1) is 0 Å². The van der Waals surface area contributed by atoms with E-state index in [2.05, 4.69) is 0 Å². The monoisotopic (exact) mass is 149 g/mol. The van der Waals surface area contributed by atoms with Crippen molar-refractivity contribution in [2.75, 3.05) is 0 Å². The second-order valence-electron chi connectivity index (χ2n) is 1.03. The third-order valence-electron chi connectivity index (χ3n) is 0.404. The van der Waals surface area contributed by atoms with E-state index in [-0.39, 0.29) is 5.37 Å². The van der Waals surface area contributed by atoms with Gasteiger partial charge in [0.15, 0.2) is 0 Å². The van der Waals surface area contributed by atoms with Gasteiger partial charge >= 0.3 is 0 Å². The molecule has 0 aromatic rings. The van der Waals surface area contributed by atoms with E-state index in [9.17, 15) is 23.1 Å². The maximum absolute atomic E-state index is 9.84. The van der Waals surface area contributed by atoms with Crippen molar-refractivity contribution < 1.29 is 23.1 Å². The lowest BCUT2D eigenvalue weighted by molar-refractivity contribution is -0.298. The Morgan fingerprint density at radius 1 is 1.33 bits per heavy atom. The topological polar surface area (TPSA) is 91.3 Å². The molecule has 0 saturated carbocycles. The molecular formula is C3HO5S-. The van der Waals surface area contributed by atoms with Gasteiger partial charge in [-0.1, -0.05) is 0 Å². The molecule has 50 valence electrons. The number of Topliss-reactive ketones (excluding diaryl/α,β-unsaturated/α-hetero) is 1. The van der Waals surface area contributed by atoms with Crippen LogP contribution in [0.4, 0.5) is 0 Å². The Morgan fingerprint density at radius 2 is 1.78 bits per heavy atom. The first-order valence-corrected chi connectivity index (χ1v) is 2.86. The predicted molar refractivity (Wildman–Crippen MR) is 25.0 cm³/mol. The van der Waals surface area contributed by atoms with Gasteiger partial charge in [-0.25, -0.2) is 0 Å². The number of carbonyl (C=O) groups excluding carboxylic acids is 2. The molecule has 0 rings (SSSR count). The van der Waals surface area contributed by atoms with Crippen LogP contribution < -0.4 is 5.11 Å². The van der Waals surface area contributed by atoms with Crippen molar-refractivity contribution in [3.05, 3.63) is 0 Å². The first-order chi connectivity index (χ1) is 4.04. The van der Waals surface area contributed by atoms with Crippen LogP contribution in [0.2, 0.25) is 0 Å². The van der Waals surface area contributed by atoms with E-state index in [4.69, 9.17) is 0 Å². The number of hydrogen-bond donors (Lipinski definition) is 0. The SMILES string of the molecule is O=C([O-])C(=O)C=S(=O)=O. The minimum absolute atomic E-state index is 0.0231. The molecule has 0 bridgehead atoms. The standard InChI is InChI=1S/C3H2O5S/c4-2(3(5)6)1-9(7)8/h1H,(H,5,6)/p-1. The summed E-state index contributed by atoms with van der Waals surface area (Å²) in [6, 6.07) is 0. The van der Waals surface area contributed by atoms with E-state index in [0.717, 1.165) is 0 Å². The van der Waals surface area contributed by atoms with Crippen LogP contribution in [0.5, 0.6) is 0 Å². The molecule has 0 fully saturated rings. The number of aliphatic carboxylic acids is 1. The maximum atomic E-state index is 9.84. The summed E-state index contributed by atoms with van der Waals surface area (Å²) in [4.78, 5) is 19.3. The van der Waals surface area contributed by atoms with Crippen LogP contribution in [0.25, 0.3) is 0 Å². The summed E-state index contributed by atoms with van der Waals surface area (Å²) >= 11 is 0. The molecular weight excluding hydrogens is 148 g/mol. The van der Waals surface area contributed by atoms with Crippen molar-refractivity contribution in [2.24, 2.45) is 0 Å². The van der Waals surface area contributed by atoms with Crippen molar-refractivity contribution in [1.29, 1.82) is 0 Å². The second kappa shape index (κ2) is 2.98.